The molecule has 0 amide bonds. The average Bonchev–Trinajstić information content (AvgIpc) is 2.95. The molecule has 2 nitrogen and oxygen atoms in total. The Kier molecular flexibility index (Phi) is 2.34. The molecule has 0 radical (unpaired) electrons. The van der Waals surface area contributed by atoms with Crippen LogP contribution in [0, 0.1) is 6.92 Å². The molecule has 0 aliphatic rings. The Balaban J connectivity index is 2.15. The molecule has 2 heterocycles. The third-order valence-corrected chi connectivity index (χ3v) is 3.65. The van der Waals surface area contributed by atoms with Crippen LogP contribution < -0.4 is 0 Å². The van der Waals surface area contributed by atoms with E-state index in [0.29, 0.717) is 11.3 Å². The molecule has 0 bridgehead atoms. The third-order valence-electron chi connectivity index (χ3n) is 2.69. The van der Waals surface area contributed by atoms with E-state index < -0.39 is 0 Å². The molecule has 3 aromatic rings. The van der Waals surface area contributed by atoms with Gasteiger partial charge in [-0.15, -0.1) is 11.3 Å². The zero-order valence-electron chi connectivity index (χ0n) is 9.27. The summed E-state index contributed by atoms with van der Waals surface area (Å²) in [6.07, 6.45) is 0. The molecule has 2 aromatic heterocycles. The summed E-state index contributed by atoms with van der Waals surface area (Å²) in [6, 6.07) is 11.3. The van der Waals surface area contributed by atoms with Gasteiger partial charge in [-0.05, 0) is 42.0 Å². The van der Waals surface area contributed by atoms with E-state index in [9.17, 15) is 4.79 Å². The molecule has 3 heteroatoms. The quantitative estimate of drug-likeness (QED) is 0.635. The Morgan fingerprint density at radius 3 is 2.82 bits per heavy atom. The van der Waals surface area contributed by atoms with Gasteiger partial charge in [0.2, 0.25) is 5.78 Å². The summed E-state index contributed by atoms with van der Waals surface area (Å²) >= 11 is 1.58. The van der Waals surface area contributed by atoms with Gasteiger partial charge >= 0.3 is 0 Å². The molecule has 0 saturated carbocycles. The van der Waals surface area contributed by atoms with E-state index in [1.165, 1.54) is 0 Å². The Morgan fingerprint density at radius 2 is 2.06 bits per heavy atom. The van der Waals surface area contributed by atoms with Crippen molar-refractivity contribution in [2.75, 3.05) is 0 Å². The number of carbonyl (C=O) groups excluding carboxylic acids is 1. The maximum atomic E-state index is 12.3. The smallest absolute Gasteiger partial charge is 0.229 e. The molecule has 0 spiro atoms. The van der Waals surface area contributed by atoms with Gasteiger partial charge < -0.3 is 4.42 Å². The monoisotopic (exact) mass is 242 g/mol. The fourth-order valence-electron chi connectivity index (χ4n) is 1.86. The van der Waals surface area contributed by atoms with E-state index in [1.807, 2.05) is 42.6 Å². The van der Waals surface area contributed by atoms with Gasteiger partial charge in [0.15, 0.2) is 5.76 Å². The lowest BCUT2D eigenvalue weighted by Gasteiger charge is -1.99. The molecule has 84 valence electrons. The minimum absolute atomic E-state index is 0.0499. The second-order valence-corrected chi connectivity index (χ2v) is 4.80. The average molecular weight is 242 g/mol. The molecule has 0 aliphatic heterocycles. The number of carbonyl (C=O) groups is 1. The first-order valence-electron chi connectivity index (χ1n) is 5.33. The summed E-state index contributed by atoms with van der Waals surface area (Å²) in [5.74, 6) is 1.11. The number of hydrogen-bond acceptors (Lipinski definition) is 3. The first kappa shape index (κ1) is 10.3. The zero-order chi connectivity index (χ0) is 11.8. The first-order chi connectivity index (χ1) is 8.25. The minimum Gasteiger partial charge on any atom is -0.458 e. The van der Waals surface area contributed by atoms with Crippen LogP contribution in [0.25, 0.3) is 10.1 Å². The maximum Gasteiger partial charge on any atom is 0.229 e. The van der Waals surface area contributed by atoms with Crippen LogP contribution in [0.1, 0.15) is 21.9 Å². The van der Waals surface area contributed by atoms with E-state index in [1.54, 1.807) is 17.4 Å². The fraction of sp³-hybridized carbons (Fsp3) is 0.0714. The highest BCUT2D eigenvalue weighted by atomic mass is 32.1. The van der Waals surface area contributed by atoms with Crippen molar-refractivity contribution < 1.29 is 9.21 Å². The SMILES string of the molecule is Cc1ccc(C(=O)c2cccc3ccsc23)o1. The molecule has 0 aliphatic carbocycles. The molecule has 0 atom stereocenters. The Morgan fingerprint density at radius 1 is 1.18 bits per heavy atom. The van der Waals surface area contributed by atoms with Crippen LogP contribution in [-0.4, -0.2) is 5.78 Å². The lowest BCUT2D eigenvalue weighted by molar-refractivity contribution is 0.101. The predicted molar refractivity (Wildman–Crippen MR) is 68.7 cm³/mol. The molecule has 1 aromatic carbocycles. The zero-order valence-corrected chi connectivity index (χ0v) is 10.1. The van der Waals surface area contributed by atoms with Crippen LogP contribution in [-0.2, 0) is 0 Å². The summed E-state index contributed by atoms with van der Waals surface area (Å²) in [7, 11) is 0. The largest absolute Gasteiger partial charge is 0.458 e. The van der Waals surface area contributed by atoms with Gasteiger partial charge in [0.1, 0.15) is 5.76 Å². The summed E-state index contributed by atoms with van der Waals surface area (Å²) < 4.78 is 6.40. The molecule has 0 unspecified atom stereocenters. The van der Waals surface area contributed by atoms with E-state index in [4.69, 9.17) is 4.42 Å². The highest BCUT2D eigenvalue weighted by Gasteiger charge is 2.16. The highest BCUT2D eigenvalue weighted by Crippen LogP contribution is 2.26. The van der Waals surface area contributed by atoms with Crippen LogP contribution in [0.2, 0.25) is 0 Å². The van der Waals surface area contributed by atoms with Gasteiger partial charge in [-0.2, -0.15) is 0 Å². The summed E-state index contributed by atoms with van der Waals surface area (Å²) in [5.41, 5.74) is 0.715. The topological polar surface area (TPSA) is 30.2 Å². The van der Waals surface area contributed by atoms with E-state index in [0.717, 1.165) is 15.8 Å². The van der Waals surface area contributed by atoms with E-state index >= 15 is 0 Å². The number of ketones is 1. The standard InChI is InChI=1S/C14H10O2S/c1-9-5-6-12(16-9)13(15)11-4-2-3-10-7-8-17-14(10)11/h2-8H,1H3. The number of benzene rings is 1. The van der Waals surface area contributed by atoms with Crippen molar-refractivity contribution in [3.63, 3.8) is 0 Å². The van der Waals surface area contributed by atoms with Gasteiger partial charge in [0.05, 0.1) is 0 Å². The number of aryl methyl sites for hydroxylation is 1. The lowest BCUT2D eigenvalue weighted by atomic mass is 10.1. The molecule has 0 N–H and O–H groups in total. The van der Waals surface area contributed by atoms with Crippen LogP contribution >= 0.6 is 11.3 Å². The Bertz CT molecular complexity index is 691. The lowest BCUT2D eigenvalue weighted by Crippen LogP contribution is -1.99. The fourth-order valence-corrected chi connectivity index (χ4v) is 2.77. The highest BCUT2D eigenvalue weighted by molar-refractivity contribution is 7.17. The normalized spacial score (nSPS) is 10.9. The Labute approximate surface area is 102 Å². The van der Waals surface area contributed by atoms with Gasteiger partial charge in [0.25, 0.3) is 0 Å². The van der Waals surface area contributed by atoms with Crippen molar-refractivity contribution >= 4 is 27.2 Å². The number of fused-ring (bicyclic) bond motifs is 1. The first-order valence-corrected chi connectivity index (χ1v) is 6.21. The Hall–Kier alpha value is -1.87. The van der Waals surface area contributed by atoms with Crippen molar-refractivity contribution in [3.05, 3.63) is 58.9 Å². The molecule has 0 fully saturated rings. The van der Waals surface area contributed by atoms with Crippen LogP contribution in [0.5, 0.6) is 0 Å². The molecule has 0 saturated heterocycles. The third kappa shape index (κ3) is 1.68. The number of thiophene rings is 1. The molecule has 3 rings (SSSR count). The number of hydrogen-bond donors (Lipinski definition) is 0. The van der Waals surface area contributed by atoms with Crippen molar-refractivity contribution in [3.8, 4) is 0 Å². The van der Waals surface area contributed by atoms with Gasteiger partial charge in [-0.3, -0.25) is 4.79 Å². The van der Waals surface area contributed by atoms with Crippen LogP contribution in [0.4, 0.5) is 0 Å². The van der Waals surface area contributed by atoms with Crippen molar-refractivity contribution in [1.82, 2.24) is 0 Å². The van der Waals surface area contributed by atoms with Crippen LogP contribution in [0.15, 0.2) is 46.2 Å². The van der Waals surface area contributed by atoms with E-state index in [2.05, 4.69) is 0 Å². The van der Waals surface area contributed by atoms with Gasteiger partial charge in [-0.1, -0.05) is 12.1 Å². The summed E-state index contributed by atoms with van der Waals surface area (Å²) in [6.45, 7) is 1.84. The number of rotatable bonds is 2. The molecule has 17 heavy (non-hydrogen) atoms. The molecular weight excluding hydrogens is 232 g/mol. The summed E-state index contributed by atoms with van der Waals surface area (Å²) in [4.78, 5) is 12.3. The van der Waals surface area contributed by atoms with Crippen molar-refractivity contribution in [1.29, 1.82) is 0 Å². The van der Waals surface area contributed by atoms with Crippen molar-refractivity contribution in [2.24, 2.45) is 0 Å². The van der Waals surface area contributed by atoms with Crippen LogP contribution in [0.3, 0.4) is 0 Å². The van der Waals surface area contributed by atoms with Gasteiger partial charge in [0, 0.05) is 10.3 Å². The molecular formula is C14H10O2S. The van der Waals surface area contributed by atoms with E-state index in [-0.39, 0.29) is 5.78 Å². The predicted octanol–water partition coefficient (Wildman–Crippen LogP) is 4.03. The maximum absolute atomic E-state index is 12.3. The number of furan rings is 1. The summed E-state index contributed by atoms with van der Waals surface area (Å²) in [5, 5.41) is 3.10. The second-order valence-electron chi connectivity index (χ2n) is 3.88. The second kappa shape index (κ2) is 3.86. The minimum atomic E-state index is -0.0499. The van der Waals surface area contributed by atoms with Gasteiger partial charge in [-0.25, -0.2) is 0 Å². The van der Waals surface area contributed by atoms with Crippen molar-refractivity contribution in [2.45, 2.75) is 6.92 Å².